The highest BCUT2D eigenvalue weighted by molar-refractivity contribution is 7.80. The Balaban J connectivity index is 2.41. The van der Waals surface area contributed by atoms with Gasteiger partial charge in [0.15, 0.2) is 0 Å². The average molecular weight is 230 g/mol. The summed E-state index contributed by atoms with van der Waals surface area (Å²) in [6.45, 7) is 1.98. The Morgan fingerprint density at radius 1 is 1.67 bits per heavy atom. The van der Waals surface area contributed by atoms with Crippen LogP contribution in [-0.2, 0) is 9.53 Å². The summed E-state index contributed by atoms with van der Waals surface area (Å²) in [5.74, 6) is 0.332. The number of hydrogen-bond acceptors (Lipinski definition) is 3. The van der Waals surface area contributed by atoms with Gasteiger partial charge in [-0.3, -0.25) is 4.79 Å². The first-order chi connectivity index (χ1) is 7.15. The Labute approximate surface area is 95.8 Å². The van der Waals surface area contributed by atoms with Crippen LogP contribution in [-0.4, -0.2) is 42.6 Å². The summed E-state index contributed by atoms with van der Waals surface area (Å²) in [6, 6.07) is 0. The highest BCUT2D eigenvalue weighted by atomic mass is 32.1. The fraction of sp³-hybridized carbons (Fsp3) is 0.800. The average Bonchev–Trinajstić information content (AvgIpc) is 2.26. The molecule has 2 N–H and O–H groups in total. The predicted octanol–water partition coefficient (Wildman–Crippen LogP) is 0.548. The number of thiocarbonyl (C=S) groups is 1. The molecule has 4 nitrogen and oxygen atoms in total. The van der Waals surface area contributed by atoms with Gasteiger partial charge in [-0.05, 0) is 12.8 Å². The molecular weight excluding hydrogens is 212 g/mol. The quantitative estimate of drug-likeness (QED) is 0.717. The van der Waals surface area contributed by atoms with Gasteiger partial charge in [0, 0.05) is 26.1 Å². The summed E-state index contributed by atoms with van der Waals surface area (Å²) in [5, 5.41) is 0. The maximum absolute atomic E-state index is 11.7. The molecule has 0 spiro atoms. The van der Waals surface area contributed by atoms with E-state index < -0.39 is 0 Å². The molecule has 1 aliphatic rings. The van der Waals surface area contributed by atoms with Gasteiger partial charge in [-0.25, -0.2) is 0 Å². The van der Waals surface area contributed by atoms with Crippen molar-refractivity contribution in [1.29, 1.82) is 0 Å². The van der Waals surface area contributed by atoms with Gasteiger partial charge in [0.2, 0.25) is 5.91 Å². The van der Waals surface area contributed by atoms with Gasteiger partial charge in [0.25, 0.3) is 0 Å². The van der Waals surface area contributed by atoms with Crippen molar-refractivity contribution in [1.82, 2.24) is 4.90 Å². The zero-order valence-corrected chi connectivity index (χ0v) is 9.89. The molecule has 1 unspecified atom stereocenters. The van der Waals surface area contributed by atoms with Crippen molar-refractivity contribution in [2.24, 2.45) is 11.7 Å². The lowest BCUT2D eigenvalue weighted by Crippen LogP contribution is -2.43. The van der Waals surface area contributed by atoms with E-state index in [1.165, 1.54) is 0 Å². The van der Waals surface area contributed by atoms with Gasteiger partial charge >= 0.3 is 0 Å². The van der Waals surface area contributed by atoms with Crippen LogP contribution in [0.4, 0.5) is 0 Å². The Hall–Kier alpha value is -0.680. The Kier molecular flexibility index (Phi) is 4.98. The zero-order chi connectivity index (χ0) is 11.3. The number of carbonyl (C=O) groups excluding carboxylic acids is 1. The molecule has 15 heavy (non-hydrogen) atoms. The molecule has 0 bridgehead atoms. The van der Waals surface area contributed by atoms with Gasteiger partial charge in [-0.1, -0.05) is 12.2 Å². The molecule has 0 aromatic carbocycles. The molecule has 1 fully saturated rings. The Morgan fingerprint density at radius 3 is 3.00 bits per heavy atom. The van der Waals surface area contributed by atoms with E-state index in [1.54, 1.807) is 7.11 Å². The van der Waals surface area contributed by atoms with Crippen molar-refractivity contribution in [2.45, 2.75) is 19.3 Å². The molecule has 0 saturated carbocycles. The summed E-state index contributed by atoms with van der Waals surface area (Å²) in [6.07, 6.45) is 2.44. The van der Waals surface area contributed by atoms with E-state index in [0.29, 0.717) is 24.6 Å². The number of ether oxygens (including phenoxy) is 1. The minimum atomic E-state index is 0.137. The first-order valence-electron chi connectivity index (χ1n) is 5.21. The normalized spacial score (nSPS) is 21.4. The summed E-state index contributed by atoms with van der Waals surface area (Å²) in [5.41, 5.74) is 5.60. The molecule has 1 heterocycles. The van der Waals surface area contributed by atoms with Crippen molar-refractivity contribution >= 4 is 23.1 Å². The molecule has 1 atom stereocenters. The van der Waals surface area contributed by atoms with E-state index in [0.717, 1.165) is 19.4 Å². The minimum Gasteiger partial charge on any atom is -0.393 e. The molecule has 0 aliphatic carbocycles. The van der Waals surface area contributed by atoms with E-state index in [1.807, 2.05) is 4.90 Å². The number of hydrogen-bond donors (Lipinski definition) is 1. The number of rotatable bonds is 4. The van der Waals surface area contributed by atoms with Gasteiger partial charge < -0.3 is 15.4 Å². The SMILES string of the molecule is COCCC(=O)N1CCCC(C(N)=S)C1. The molecule has 1 saturated heterocycles. The van der Waals surface area contributed by atoms with Gasteiger partial charge in [0.05, 0.1) is 18.0 Å². The van der Waals surface area contributed by atoms with Crippen LogP contribution in [0.5, 0.6) is 0 Å². The molecule has 0 aromatic rings. The van der Waals surface area contributed by atoms with Crippen LogP contribution < -0.4 is 5.73 Å². The van der Waals surface area contributed by atoms with E-state index in [9.17, 15) is 4.79 Å². The van der Waals surface area contributed by atoms with Crippen molar-refractivity contribution < 1.29 is 9.53 Å². The summed E-state index contributed by atoms with van der Waals surface area (Å²) >= 11 is 4.96. The first-order valence-corrected chi connectivity index (χ1v) is 5.62. The standard InChI is InChI=1S/C10H18N2O2S/c1-14-6-4-9(13)12-5-2-3-8(7-12)10(11)15/h8H,2-7H2,1H3,(H2,11,15). The second kappa shape index (κ2) is 6.02. The Morgan fingerprint density at radius 2 is 2.40 bits per heavy atom. The van der Waals surface area contributed by atoms with E-state index in [-0.39, 0.29) is 11.8 Å². The Bertz CT molecular complexity index is 246. The lowest BCUT2D eigenvalue weighted by atomic mass is 9.98. The lowest BCUT2D eigenvalue weighted by molar-refractivity contribution is -0.133. The van der Waals surface area contributed by atoms with Gasteiger partial charge in [-0.15, -0.1) is 0 Å². The maximum Gasteiger partial charge on any atom is 0.224 e. The number of carbonyl (C=O) groups is 1. The third kappa shape index (κ3) is 3.76. The molecule has 1 aliphatic heterocycles. The van der Waals surface area contributed by atoms with Crippen LogP contribution in [0.3, 0.4) is 0 Å². The highest BCUT2D eigenvalue weighted by Gasteiger charge is 2.24. The molecule has 1 amide bonds. The smallest absolute Gasteiger partial charge is 0.224 e. The van der Waals surface area contributed by atoms with E-state index >= 15 is 0 Å². The summed E-state index contributed by atoms with van der Waals surface area (Å²) in [4.78, 5) is 14.1. The topological polar surface area (TPSA) is 55.6 Å². The van der Waals surface area contributed by atoms with Crippen molar-refractivity contribution in [2.75, 3.05) is 26.8 Å². The maximum atomic E-state index is 11.7. The number of nitrogens with two attached hydrogens (primary N) is 1. The summed E-state index contributed by atoms with van der Waals surface area (Å²) < 4.78 is 4.88. The second-order valence-corrected chi connectivity index (χ2v) is 4.30. The van der Waals surface area contributed by atoms with Crippen molar-refractivity contribution in [3.8, 4) is 0 Å². The number of amides is 1. The molecule has 86 valence electrons. The number of piperidine rings is 1. The van der Waals surface area contributed by atoms with Crippen LogP contribution in [0.25, 0.3) is 0 Å². The third-order valence-corrected chi connectivity index (χ3v) is 3.03. The van der Waals surface area contributed by atoms with Crippen molar-refractivity contribution in [3.63, 3.8) is 0 Å². The van der Waals surface area contributed by atoms with Crippen LogP contribution in [0.2, 0.25) is 0 Å². The second-order valence-electron chi connectivity index (χ2n) is 3.82. The summed E-state index contributed by atoms with van der Waals surface area (Å²) in [7, 11) is 1.60. The molecule has 5 heteroatoms. The van der Waals surface area contributed by atoms with Gasteiger partial charge in [0.1, 0.15) is 0 Å². The number of nitrogens with zero attached hydrogens (tertiary/aromatic N) is 1. The minimum absolute atomic E-state index is 0.137. The molecule has 0 radical (unpaired) electrons. The zero-order valence-electron chi connectivity index (χ0n) is 9.07. The van der Waals surface area contributed by atoms with E-state index in [2.05, 4.69) is 0 Å². The monoisotopic (exact) mass is 230 g/mol. The highest BCUT2D eigenvalue weighted by Crippen LogP contribution is 2.17. The predicted molar refractivity (Wildman–Crippen MR) is 62.6 cm³/mol. The number of likely N-dealkylation sites (tertiary alicyclic amines) is 1. The molecule has 0 aromatic heterocycles. The fourth-order valence-electron chi connectivity index (χ4n) is 1.78. The van der Waals surface area contributed by atoms with Crippen LogP contribution in [0.1, 0.15) is 19.3 Å². The third-order valence-electron chi connectivity index (χ3n) is 2.70. The van der Waals surface area contributed by atoms with Crippen LogP contribution in [0, 0.1) is 5.92 Å². The first kappa shape index (κ1) is 12.4. The molecular formula is C10H18N2O2S. The largest absolute Gasteiger partial charge is 0.393 e. The van der Waals surface area contributed by atoms with Crippen LogP contribution >= 0.6 is 12.2 Å². The van der Waals surface area contributed by atoms with Crippen molar-refractivity contribution in [3.05, 3.63) is 0 Å². The van der Waals surface area contributed by atoms with E-state index in [4.69, 9.17) is 22.7 Å². The fourth-order valence-corrected chi connectivity index (χ4v) is 1.98. The molecule has 1 rings (SSSR count). The van der Waals surface area contributed by atoms with Crippen LogP contribution in [0.15, 0.2) is 0 Å². The van der Waals surface area contributed by atoms with Gasteiger partial charge in [-0.2, -0.15) is 0 Å². The number of methoxy groups -OCH3 is 1. The lowest BCUT2D eigenvalue weighted by Gasteiger charge is -2.32.